The molecule has 1 aromatic rings. The highest BCUT2D eigenvalue weighted by atomic mass is 16.3. The lowest BCUT2D eigenvalue weighted by Crippen LogP contribution is -2.18. The molecule has 1 heterocycles. The number of hydrogen-bond donors (Lipinski definition) is 1. The lowest BCUT2D eigenvalue weighted by molar-refractivity contribution is 0.430. The first-order chi connectivity index (χ1) is 7.17. The number of hydrogen-bond acceptors (Lipinski definition) is 2. The summed E-state index contributed by atoms with van der Waals surface area (Å²) in [4.78, 5) is 0. The summed E-state index contributed by atoms with van der Waals surface area (Å²) >= 11 is 0. The van der Waals surface area contributed by atoms with Crippen molar-refractivity contribution >= 4 is 0 Å². The molecule has 0 saturated carbocycles. The summed E-state index contributed by atoms with van der Waals surface area (Å²) in [6.07, 6.45) is 3.15. The summed E-state index contributed by atoms with van der Waals surface area (Å²) in [6.45, 7) is 9.36. The Kier molecular flexibility index (Phi) is 4.63. The maximum Gasteiger partial charge on any atom is 0.125 e. The normalized spacial score (nSPS) is 12.5. The molecule has 0 aliphatic carbocycles. The Hall–Kier alpha value is -1.02. The van der Waals surface area contributed by atoms with Crippen LogP contribution in [0.1, 0.15) is 45.3 Å². The average molecular weight is 207 g/mol. The van der Waals surface area contributed by atoms with Crippen LogP contribution in [-0.4, -0.2) is 6.54 Å². The van der Waals surface area contributed by atoms with Crippen LogP contribution in [0.15, 0.2) is 28.2 Å². The maximum absolute atomic E-state index is 5.74. The first-order valence-corrected chi connectivity index (χ1v) is 5.64. The van der Waals surface area contributed by atoms with E-state index in [-0.39, 0.29) is 6.04 Å². The Morgan fingerprint density at radius 2 is 2.13 bits per heavy atom. The standard InChI is InChI=1S/C13H21NO/c1-5-11-7-8-13(15-11)12(14-6-2)9-10(3)4/h7-9,12,14H,5-6H2,1-4H3. The number of rotatable bonds is 5. The second-order valence-corrected chi connectivity index (χ2v) is 3.94. The van der Waals surface area contributed by atoms with Gasteiger partial charge in [0.2, 0.25) is 0 Å². The maximum atomic E-state index is 5.74. The molecule has 0 bridgehead atoms. The van der Waals surface area contributed by atoms with Crippen molar-refractivity contribution < 1.29 is 4.42 Å². The second-order valence-electron chi connectivity index (χ2n) is 3.94. The molecule has 1 aromatic heterocycles. The van der Waals surface area contributed by atoms with Gasteiger partial charge in [-0.05, 0) is 32.5 Å². The predicted molar refractivity (Wildman–Crippen MR) is 63.9 cm³/mol. The van der Waals surface area contributed by atoms with Gasteiger partial charge in [0.25, 0.3) is 0 Å². The molecule has 0 aliphatic rings. The molecule has 84 valence electrons. The van der Waals surface area contributed by atoms with Crippen molar-refractivity contribution in [3.05, 3.63) is 35.3 Å². The van der Waals surface area contributed by atoms with Crippen molar-refractivity contribution in [2.45, 2.75) is 40.2 Å². The molecule has 0 radical (unpaired) electrons. The number of nitrogens with one attached hydrogen (secondary N) is 1. The first-order valence-electron chi connectivity index (χ1n) is 5.64. The Balaban J connectivity index is 2.83. The van der Waals surface area contributed by atoms with E-state index in [1.807, 2.05) is 0 Å². The fourth-order valence-electron chi connectivity index (χ4n) is 1.55. The fourth-order valence-corrected chi connectivity index (χ4v) is 1.55. The van der Waals surface area contributed by atoms with Crippen molar-refractivity contribution in [1.82, 2.24) is 5.32 Å². The van der Waals surface area contributed by atoms with Gasteiger partial charge in [-0.3, -0.25) is 0 Å². The van der Waals surface area contributed by atoms with E-state index in [9.17, 15) is 0 Å². The Morgan fingerprint density at radius 3 is 2.60 bits per heavy atom. The molecule has 1 N–H and O–H groups in total. The highest BCUT2D eigenvalue weighted by molar-refractivity contribution is 5.17. The van der Waals surface area contributed by atoms with Crippen LogP contribution >= 0.6 is 0 Å². The third-order valence-electron chi connectivity index (χ3n) is 2.26. The molecule has 0 fully saturated rings. The molecular weight excluding hydrogens is 186 g/mol. The Bertz CT molecular complexity index is 321. The zero-order valence-corrected chi connectivity index (χ0v) is 10.1. The Morgan fingerprint density at radius 1 is 1.40 bits per heavy atom. The predicted octanol–water partition coefficient (Wildman–Crippen LogP) is 3.46. The summed E-state index contributed by atoms with van der Waals surface area (Å²) in [7, 11) is 0. The van der Waals surface area contributed by atoms with Crippen molar-refractivity contribution in [3.8, 4) is 0 Å². The second kappa shape index (κ2) is 5.76. The lowest BCUT2D eigenvalue weighted by Gasteiger charge is -2.11. The first kappa shape index (κ1) is 12.1. The van der Waals surface area contributed by atoms with Gasteiger partial charge in [-0.2, -0.15) is 0 Å². The molecule has 0 amide bonds. The summed E-state index contributed by atoms with van der Waals surface area (Å²) in [5.74, 6) is 2.06. The quantitative estimate of drug-likeness (QED) is 0.748. The topological polar surface area (TPSA) is 25.2 Å². The molecular formula is C13H21NO. The zero-order valence-electron chi connectivity index (χ0n) is 10.1. The monoisotopic (exact) mass is 207 g/mol. The van der Waals surface area contributed by atoms with Crippen LogP contribution in [-0.2, 0) is 6.42 Å². The average Bonchev–Trinajstić information content (AvgIpc) is 2.64. The third kappa shape index (κ3) is 3.56. The molecule has 15 heavy (non-hydrogen) atoms. The van der Waals surface area contributed by atoms with Gasteiger partial charge < -0.3 is 9.73 Å². The molecule has 2 nitrogen and oxygen atoms in total. The highest BCUT2D eigenvalue weighted by Crippen LogP contribution is 2.19. The summed E-state index contributed by atoms with van der Waals surface area (Å²) in [6, 6.07) is 4.32. The van der Waals surface area contributed by atoms with Crippen molar-refractivity contribution in [2.24, 2.45) is 0 Å². The molecule has 2 heteroatoms. The summed E-state index contributed by atoms with van der Waals surface area (Å²) < 4.78 is 5.74. The van der Waals surface area contributed by atoms with Crippen molar-refractivity contribution in [3.63, 3.8) is 0 Å². The van der Waals surface area contributed by atoms with Gasteiger partial charge in [0, 0.05) is 6.42 Å². The SMILES string of the molecule is CCNC(C=C(C)C)c1ccc(CC)o1. The van der Waals surface area contributed by atoms with Crippen LogP contribution in [0.25, 0.3) is 0 Å². The molecule has 1 rings (SSSR count). The van der Waals surface area contributed by atoms with Crippen LogP contribution in [0.5, 0.6) is 0 Å². The number of aryl methyl sites for hydroxylation is 1. The van der Waals surface area contributed by atoms with Gasteiger partial charge in [0.05, 0.1) is 6.04 Å². The van der Waals surface area contributed by atoms with E-state index in [1.165, 1.54) is 5.57 Å². The fraction of sp³-hybridized carbons (Fsp3) is 0.538. The molecule has 0 spiro atoms. The van der Waals surface area contributed by atoms with Crippen LogP contribution in [0.3, 0.4) is 0 Å². The molecule has 0 aromatic carbocycles. The van der Waals surface area contributed by atoms with Crippen molar-refractivity contribution in [1.29, 1.82) is 0 Å². The largest absolute Gasteiger partial charge is 0.464 e. The number of allylic oxidation sites excluding steroid dienone is 1. The van der Waals surface area contributed by atoms with E-state index in [0.717, 1.165) is 24.5 Å². The van der Waals surface area contributed by atoms with E-state index < -0.39 is 0 Å². The molecule has 0 aliphatic heterocycles. The van der Waals surface area contributed by atoms with E-state index in [0.29, 0.717) is 0 Å². The molecule has 1 unspecified atom stereocenters. The number of likely N-dealkylation sites (N-methyl/N-ethyl adjacent to an activating group) is 1. The van der Waals surface area contributed by atoms with Gasteiger partial charge in [-0.25, -0.2) is 0 Å². The minimum atomic E-state index is 0.209. The summed E-state index contributed by atoms with van der Waals surface area (Å²) in [5.41, 5.74) is 1.30. The van der Waals surface area contributed by atoms with Crippen LogP contribution in [0.2, 0.25) is 0 Å². The smallest absolute Gasteiger partial charge is 0.125 e. The Labute approximate surface area is 92.4 Å². The van der Waals surface area contributed by atoms with Gasteiger partial charge in [0.1, 0.15) is 11.5 Å². The van der Waals surface area contributed by atoms with E-state index in [4.69, 9.17) is 4.42 Å². The minimum Gasteiger partial charge on any atom is -0.464 e. The lowest BCUT2D eigenvalue weighted by atomic mass is 10.1. The van der Waals surface area contributed by atoms with Gasteiger partial charge in [-0.15, -0.1) is 0 Å². The molecule has 1 atom stereocenters. The van der Waals surface area contributed by atoms with Crippen molar-refractivity contribution in [2.75, 3.05) is 6.54 Å². The third-order valence-corrected chi connectivity index (χ3v) is 2.26. The minimum absolute atomic E-state index is 0.209. The zero-order chi connectivity index (χ0) is 11.3. The number of furan rings is 1. The van der Waals surface area contributed by atoms with E-state index in [2.05, 4.69) is 51.2 Å². The van der Waals surface area contributed by atoms with Crippen LogP contribution in [0, 0.1) is 0 Å². The van der Waals surface area contributed by atoms with Crippen LogP contribution in [0.4, 0.5) is 0 Å². The van der Waals surface area contributed by atoms with E-state index >= 15 is 0 Å². The van der Waals surface area contributed by atoms with Crippen LogP contribution < -0.4 is 5.32 Å². The van der Waals surface area contributed by atoms with Gasteiger partial charge in [0.15, 0.2) is 0 Å². The van der Waals surface area contributed by atoms with Gasteiger partial charge >= 0.3 is 0 Å². The van der Waals surface area contributed by atoms with Gasteiger partial charge in [-0.1, -0.05) is 25.5 Å². The highest BCUT2D eigenvalue weighted by Gasteiger charge is 2.11. The molecule has 0 saturated heterocycles. The van der Waals surface area contributed by atoms with E-state index in [1.54, 1.807) is 0 Å². The summed E-state index contributed by atoms with van der Waals surface area (Å²) in [5, 5.41) is 3.40.